The molecule has 1 aromatic rings. The maximum Gasteiger partial charge on any atom is 0.124 e. The fraction of sp³-hybridized carbons (Fsp3) is 0.625. The Hall–Kier alpha value is 0.0300. The van der Waals surface area contributed by atoms with E-state index in [2.05, 4.69) is 20.9 Å². The van der Waals surface area contributed by atoms with E-state index in [1.807, 2.05) is 6.92 Å². The number of hydrogen-bond donors (Lipinski definition) is 1. The average Bonchev–Trinajstić information content (AvgIpc) is 2.50. The predicted molar refractivity (Wildman–Crippen MR) is 55.9 cm³/mol. The topological polar surface area (TPSA) is 42.4 Å². The molecule has 0 aliphatic rings. The number of methoxy groups -OCH3 is 1. The molecule has 1 aromatic heterocycles. The van der Waals surface area contributed by atoms with Crippen molar-refractivity contribution in [2.45, 2.75) is 25.6 Å². The van der Waals surface area contributed by atoms with Gasteiger partial charge in [0.15, 0.2) is 0 Å². The van der Waals surface area contributed by atoms with Crippen LogP contribution in [0.1, 0.15) is 18.7 Å². The van der Waals surface area contributed by atoms with Crippen LogP contribution in [0, 0.1) is 0 Å². The highest BCUT2D eigenvalue weighted by molar-refractivity contribution is 9.10. The Morgan fingerprint density at radius 2 is 2.38 bits per heavy atom. The van der Waals surface area contributed by atoms with Gasteiger partial charge in [0.25, 0.3) is 0 Å². The van der Waals surface area contributed by atoms with E-state index in [1.54, 1.807) is 19.5 Å². The van der Waals surface area contributed by atoms with Crippen molar-refractivity contribution in [2.75, 3.05) is 7.11 Å². The van der Waals surface area contributed by atoms with Crippen LogP contribution in [0.5, 0.6) is 0 Å². The molecule has 0 aliphatic heterocycles. The minimum atomic E-state index is -0.991. The third kappa shape index (κ3) is 2.10. The second kappa shape index (κ2) is 4.04. The van der Waals surface area contributed by atoms with E-state index in [1.165, 1.54) is 11.3 Å². The van der Waals surface area contributed by atoms with Gasteiger partial charge >= 0.3 is 0 Å². The predicted octanol–water partition coefficient (Wildman–Crippen LogP) is 2.15. The fourth-order valence-electron chi connectivity index (χ4n) is 0.975. The Balaban J connectivity index is 2.99. The first-order chi connectivity index (χ1) is 6.00. The van der Waals surface area contributed by atoms with Gasteiger partial charge in [0.05, 0.1) is 16.5 Å². The Labute approximate surface area is 89.9 Å². The summed E-state index contributed by atoms with van der Waals surface area (Å²) in [7, 11) is 1.58. The van der Waals surface area contributed by atoms with Gasteiger partial charge in [-0.2, -0.15) is 0 Å². The summed E-state index contributed by atoms with van der Waals surface area (Å²) < 4.78 is 5.79. The molecule has 0 bridgehead atoms. The maximum absolute atomic E-state index is 10.1. The zero-order valence-corrected chi connectivity index (χ0v) is 10.1. The van der Waals surface area contributed by atoms with Crippen LogP contribution in [0.4, 0.5) is 0 Å². The molecule has 0 amide bonds. The van der Waals surface area contributed by atoms with E-state index in [0.29, 0.717) is 4.60 Å². The summed E-state index contributed by atoms with van der Waals surface area (Å²) in [5.41, 5.74) is 0.699. The SMILES string of the molecule is COC(C)C(C)(O)c1scnc1Br. The molecule has 1 heterocycles. The number of thiazole rings is 1. The Bertz CT molecular complexity index is 287. The van der Waals surface area contributed by atoms with Crippen LogP contribution in [0.25, 0.3) is 0 Å². The van der Waals surface area contributed by atoms with Crippen LogP contribution in [-0.2, 0) is 10.3 Å². The highest BCUT2D eigenvalue weighted by Gasteiger charge is 2.34. The summed E-state index contributed by atoms with van der Waals surface area (Å²) in [5.74, 6) is 0. The lowest BCUT2D eigenvalue weighted by Crippen LogP contribution is -2.35. The quantitative estimate of drug-likeness (QED) is 0.911. The van der Waals surface area contributed by atoms with Crippen molar-refractivity contribution in [2.24, 2.45) is 0 Å². The lowest BCUT2D eigenvalue weighted by molar-refractivity contribution is -0.0754. The summed E-state index contributed by atoms with van der Waals surface area (Å²) in [4.78, 5) is 4.81. The van der Waals surface area contributed by atoms with E-state index in [4.69, 9.17) is 4.74 Å². The minimum absolute atomic E-state index is 0.260. The van der Waals surface area contributed by atoms with Gasteiger partial charge in [-0.25, -0.2) is 4.98 Å². The molecule has 1 rings (SSSR count). The number of rotatable bonds is 3. The normalized spacial score (nSPS) is 18.2. The van der Waals surface area contributed by atoms with E-state index in [9.17, 15) is 5.11 Å². The minimum Gasteiger partial charge on any atom is -0.382 e. The first-order valence-corrected chi connectivity index (χ1v) is 5.52. The molecule has 0 fully saturated rings. The van der Waals surface area contributed by atoms with Crippen LogP contribution in [-0.4, -0.2) is 23.3 Å². The van der Waals surface area contributed by atoms with Crippen molar-refractivity contribution in [3.63, 3.8) is 0 Å². The smallest absolute Gasteiger partial charge is 0.124 e. The van der Waals surface area contributed by atoms with Gasteiger partial charge in [0.2, 0.25) is 0 Å². The summed E-state index contributed by atoms with van der Waals surface area (Å²) in [5, 5.41) is 10.1. The highest BCUT2D eigenvalue weighted by Crippen LogP contribution is 2.34. The molecule has 1 N–H and O–H groups in total. The number of nitrogens with zero attached hydrogens (tertiary/aromatic N) is 1. The third-order valence-corrected chi connectivity index (χ3v) is 4.05. The molecule has 0 radical (unpaired) electrons. The lowest BCUT2D eigenvalue weighted by Gasteiger charge is -2.27. The zero-order valence-electron chi connectivity index (χ0n) is 7.74. The number of aromatic nitrogens is 1. The number of hydrogen-bond acceptors (Lipinski definition) is 4. The van der Waals surface area contributed by atoms with E-state index in [0.717, 1.165) is 4.88 Å². The molecule has 0 spiro atoms. The maximum atomic E-state index is 10.1. The number of ether oxygens (including phenoxy) is 1. The molecule has 0 aliphatic carbocycles. The zero-order chi connectivity index (χ0) is 10.1. The molecule has 13 heavy (non-hydrogen) atoms. The van der Waals surface area contributed by atoms with E-state index >= 15 is 0 Å². The van der Waals surface area contributed by atoms with E-state index in [-0.39, 0.29) is 6.10 Å². The van der Waals surface area contributed by atoms with Crippen LogP contribution in [0.15, 0.2) is 10.1 Å². The highest BCUT2D eigenvalue weighted by atomic mass is 79.9. The Morgan fingerprint density at radius 3 is 2.77 bits per heavy atom. The monoisotopic (exact) mass is 265 g/mol. The summed E-state index contributed by atoms with van der Waals surface area (Å²) >= 11 is 4.70. The van der Waals surface area contributed by atoms with Gasteiger partial charge in [-0.15, -0.1) is 11.3 Å². The van der Waals surface area contributed by atoms with Crippen LogP contribution >= 0.6 is 27.3 Å². The van der Waals surface area contributed by atoms with Crippen molar-refractivity contribution in [1.82, 2.24) is 4.98 Å². The van der Waals surface area contributed by atoms with Crippen molar-refractivity contribution in [3.05, 3.63) is 15.0 Å². The average molecular weight is 266 g/mol. The molecule has 0 saturated heterocycles. The molecule has 2 atom stereocenters. The fourth-order valence-corrected chi connectivity index (χ4v) is 2.71. The molecular weight excluding hydrogens is 254 g/mol. The summed E-state index contributed by atoms with van der Waals surface area (Å²) in [6, 6.07) is 0. The van der Waals surface area contributed by atoms with Crippen molar-refractivity contribution in [1.29, 1.82) is 0 Å². The standard InChI is InChI=1S/C8H12BrNO2S/c1-5(12-3)8(2,11)6-7(9)10-4-13-6/h4-5,11H,1-3H3. The van der Waals surface area contributed by atoms with Gasteiger partial charge in [-0.3, -0.25) is 0 Å². The van der Waals surface area contributed by atoms with Crippen LogP contribution in [0.3, 0.4) is 0 Å². The lowest BCUT2D eigenvalue weighted by atomic mass is 9.99. The Kier molecular flexibility index (Phi) is 3.45. The van der Waals surface area contributed by atoms with Crippen molar-refractivity contribution >= 4 is 27.3 Å². The molecule has 0 saturated carbocycles. The number of aliphatic hydroxyl groups is 1. The second-order valence-electron chi connectivity index (χ2n) is 3.00. The van der Waals surface area contributed by atoms with Crippen molar-refractivity contribution in [3.8, 4) is 0 Å². The molecule has 0 aromatic carbocycles. The summed E-state index contributed by atoms with van der Waals surface area (Å²) in [6.45, 7) is 3.55. The van der Waals surface area contributed by atoms with Gasteiger partial charge in [0, 0.05) is 7.11 Å². The molecule has 5 heteroatoms. The molecular formula is C8H12BrNO2S. The van der Waals surface area contributed by atoms with Crippen molar-refractivity contribution < 1.29 is 9.84 Å². The largest absolute Gasteiger partial charge is 0.382 e. The van der Waals surface area contributed by atoms with Crippen LogP contribution < -0.4 is 0 Å². The summed E-state index contributed by atoms with van der Waals surface area (Å²) in [6.07, 6.45) is -0.260. The molecule has 74 valence electrons. The van der Waals surface area contributed by atoms with E-state index < -0.39 is 5.60 Å². The number of halogens is 1. The van der Waals surface area contributed by atoms with Gasteiger partial charge in [0.1, 0.15) is 10.2 Å². The van der Waals surface area contributed by atoms with Gasteiger partial charge < -0.3 is 9.84 Å². The Morgan fingerprint density at radius 1 is 1.77 bits per heavy atom. The van der Waals surface area contributed by atoms with Gasteiger partial charge in [-0.1, -0.05) is 0 Å². The first kappa shape index (κ1) is 11.1. The third-order valence-electron chi connectivity index (χ3n) is 2.13. The van der Waals surface area contributed by atoms with Crippen LogP contribution in [0.2, 0.25) is 0 Å². The molecule has 2 unspecified atom stereocenters. The second-order valence-corrected chi connectivity index (χ2v) is 4.60. The van der Waals surface area contributed by atoms with Gasteiger partial charge in [-0.05, 0) is 29.8 Å². The molecule has 3 nitrogen and oxygen atoms in total. The first-order valence-electron chi connectivity index (χ1n) is 3.84.